The van der Waals surface area contributed by atoms with Gasteiger partial charge in [0.05, 0.1) is 23.6 Å². The minimum atomic E-state index is -2.70. The van der Waals surface area contributed by atoms with Gasteiger partial charge >= 0.3 is 0 Å². The molecule has 0 saturated heterocycles. The summed E-state index contributed by atoms with van der Waals surface area (Å²) in [6.07, 6.45) is 2.11. The third-order valence-electron chi connectivity index (χ3n) is 4.97. The van der Waals surface area contributed by atoms with Gasteiger partial charge in [-0.3, -0.25) is 4.79 Å². The van der Waals surface area contributed by atoms with Gasteiger partial charge in [-0.25, -0.2) is 23.3 Å². The van der Waals surface area contributed by atoms with Gasteiger partial charge in [-0.2, -0.15) is 5.10 Å². The van der Waals surface area contributed by atoms with Crippen LogP contribution in [0.1, 0.15) is 46.9 Å². The van der Waals surface area contributed by atoms with Crippen molar-refractivity contribution in [1.82, 2.24) is 24.1 Å². The summed E-state index contributed by atoms with van der Waals surface area (Å²) >= 11 is 0. The molecule has 0 bridgehead atoms. The van der Waals surface area contributed by atoms with Gasteiger partial charge in [0.15, 0.2) is 5.65 Å². The van der Waals surface area contributed by atoms with E-state index in [4.69, 9.17) is 0 Å². The van der Waals surface area contributed by atoms with Crippen LogP contribution in [0.15, 0.2) is 36.8 Å². The summed E-state index contributed by atoms with van der Waals surface area (Å²) in [5.74, 6) is -0.266. The number of aryl methyl sites for hydroxylation is 1. The number of anilines is 1. The van der Waals surface area contributed by atoms with Crippen molar-refractivity contribution in [2.75, 3.05) is 5.32 Å². The van der Waals surface area contributed by atoms with Crippen molar-refractivity contribution < 1.29 is 13.6 Å². The van der Waals surface area contributed by atoms with Crippen molar-refractivity contribution in [3.05, 3.63) is 53.7 Å². The van der Waals surface area contributed by atoms with Crippen LogP contribution in [0.25, 0.3) is 16.7 Å². The maximum atomic E-state index is 13.5. The summed E-state index contributed by atoms with van der Waals surface area (Å²) in [6, 6.07) is 6.74. The Morgan fingerprint density at radius 1 is 1.29 bits per heavy atom. The normalized spacial score (nSPS) is 14.3. The minimum absolute atomic E-state index is 0.152. The molecule has 1 aliphatic carbocycles. The quantitative estimate of drug-likeness (QED) is 0.584. The van der Waals surface area contributed by atoms with E-state index in [1.165, 1.54) is 12.3 Å². The molecule has 3 heterocycles. The number of benzene rings is 1. The van der Waals surface area contributed by atoms with E-state index in [-0.39, 0.29) is 22.8 Å². The highest BCUT2D eigenvalue weighted by atomic mass is 19.3. The maximum absolute atomic E-state index is 13.5. The van der Waals surface area contributed by atoms with E-state index in [1.54, 1.807) is 24.5 Å². The first-order chi connectivity index (χ1) is 13.5. The summed E-state index contributed by atoms with van der Waals surface area (Å²) in [6.45, 7) is 0. The van der Waals surface area contributed by atoms with Crippen LogP contribution in [-0.4, -0.2) is 30.1 Å². The van der Waals surface area contributed by atoms with E-state index in [9.17, 15) is 13.6 Å². The Kier molecular flexibility index (Phi) is 3.65. The molecule has 9 heteroatoms. The molecule has 28 heavy (non-hydrogen) atoms. The summed E-state index contributed by atoms with van der Waals surface area (Å²) in [4.78, 5) is 21.5. The summed E-state index contributed by atoms with van der Waals surface area (Å²) in [5, 5.41) is 6.78. The smallest absolute Gasteiger partial charge is 0.280 e. The number of amides is 1. The van der Waals surface area contributed by atoms with E-state index in [2.05, 4.69) is 20.4 Å². The monoisotopic (exact) mass is 382 g/mol. The van der Waals surface area contributed by atoms with Gasteiger partial charge in [-0.1, -0.05) is 0 Å². The van der Waals surface area contributed by atoms with Gasteiger partial charge < -0.3 is 9.88 Å². The van der Waals surface area contributed by atoms with Crippen molar-refractivity contribution in [2.24, 2.45) is 7.05 Å². The molecule has 0 atom stereocenters. The third kappa shape index (κ3) is 2.70. The van der Waals surface area contributed by atoms with Gasteiger partial charge in [0, 0.05) is 24.3 Å². The lowest BCUT2D eigenvalue weighted by Crippen LogP contribution is -2.13. The SMILES string of the molecule is Cn1cnc2ccc(NC(=O)c3cnn4c(C(F)F)cc(C5CC5)nc34)cc21. The van der Waals surface area contributed by atoms with Gasteiger partial charge in [0.2, 0.25) is 0 Å². The molecule has 4 aromatic rings. The van der Waals surface area contributed by atoms with Crippen LogP contribution in [0, 0.1) is 0 Å². The van der Waals surface area contributed by atoms with E-state index in [1.807, 2.05) is 11.6 Å². The first-order valence-corrected chi connectivity index (χ1v) is 8.90. The lowest BCUT2D eigenvalue weighted by molar-refractivity contribution is 0.102. The predicted octanol–water partition coefficient (Wildman–Crippen LogP) is 3.68. The molecule has 5 rings (SSSR count). The zero-order valence-corrected chi connectivity index (χ0v) is 14.9. The topological polar surface area (TPSA) is 77.1 Å². The molecule has 0 unspecified atom stereocenters. The Hall–Kier alpha value is -3.36. The van der Waals surface area contributed by atoms with Crippen LogP contribution in [-0.2, 0) is 7.05 Å². The van der Waals surface area contributed by atoms with Crippen molar-refractivity contribution >= 4 is 28.3 Å². The molecule has 7 nitrogen and oxygen atoms in total. The largest absolute Gasteiger partial charge is 0.334 e. The molecule has 0 aliphatic heterocycles. The average Bonchev–Trinajstić information content (AvgIpc) is 3.34. The molecule has 1 fully saturated rings. The number of nitrogens with zero attached hydrogens (tertiary/aromatic N) is 5. The molecule has 3 aromatic heterocycles. The van der Waals surface area contributed by atoms with Crippen LogP contribution in [0.3, 0.4) is 0 Å². The highest BCUT2D eigenvalue weighted by Crippen LogP contribution is 2.40. The lowest BCUT2D eigenvalue weighted by atomic mass is 10.2. The van der Waals surface area contributed by atoms with Crippen LogP contribution in [0.5, 0.6) is 0 Å². The molecule has 1 N–H and O–H groups in total. The molecular weight excluding hydrogens is 366 g/mol. The highest BCUT2D eigenvalue weighted by molar-refractivity contribution is 6.08. The van der Waals surface area contributed by atoms with Crippen LogP contribution in [0.4, 0.5) is 14.5 Å². The Balaban J connectivity index is 1.54. The molecule has 0 spiro atoms. The zero-order chi connectivity index (χ0) is 19.4. The number of alkyl halides is 2. The lowest BCUT2D eigenvalue weighted by Gasteiger charge is -2.08. The summed E-state index contributed by atoms with van der Waals surface area (Å²) in [5.41, 5.74) is 2.91. The number of fused-ring (bicyclic) bond motifs is 2. The molecule has 1 saturated carbocycles. The number of imidazole rings is 1. The zero-order valence-electron chi connectivity index (χ0n) is 14.9. The fourth-order valence-electron chi connectivity index (χ4n) is 3.31. The number of nitrogens with one attached hydrogen (secondary N) is 1. The molecule has 1 amide bonds. The molecule has 1 aliphatic rings. The second-order valence-corrected chi connectivity index (χ2v) is 6.99. The first-order valence-electron chi connectivity index (χ1n) is 8.90. The van der Waals surface area contributed by atoms with Crippen molar-refractivity contribution in [3.8, 4) is 0 Å². The fraction of sp³-hybridized carbons (Fsp3) is 0.263. The number of halogens is 2. The number of hydrogen-bond donors (Lipinski definition) is 1. The molecular formula is C19H16F2N6O. The number of hydrogen-bond acceptors (Lipinski definition) is 4. The Labute approximate surface area is 158 Å². The number of rotatable bonds is 4. The van der Waals surface area contributed by atoms with Crippen LogP contribution < -0.4 is 5.32 Å². The van der Waals surface area contributed by atoms with Crippen molar-refractivity contribution in [2.45, 2.75) is 25.2 Å². The average molecular weight is 382 g/mol. The first kappa shape index (κ1) is 16.8. The molecule has 0 radical (unpaired) electrons. The second kappa shape index (κ2) is 6.08. The second-order valence-electron chi connectivity index (χ2n) is 6.99. The highest BCUT2D eigenvalue weighted by Gasteiger charge is 2.29. The predicted molar refractivity (Wildman–Crippen MR) is 98.6 cm³/mol. The summed E-state index contributed by atoms with van der Waals surface area (Å²) in [7, 11) is 1.86. The number of carbonyl (C=O) groups is 1. The van der Waals surface area contributed by atoms with Crippen molar-refractivity contribution in [3.63, 3.8) is 0 Å². The van der Waals surface area contributed by atoms with Crippen molar-refractivity contribution in [1.29, 1.82) is 0 Å². The Bertz CT molecular complexity index is 1220. The molecule has 1 aromatic carbocycles. The van der Waals surface area contributed by atoms with Crippen LogP contribution >= 0.6 is 0 Å². The van der Waals surface area contributed by atoms with E-state index < -0.39 is 12.3 Å². The maximum Gasteiger partial charge on any atom is 0.280 e. The van der Waals surface area contributed by atoms with Crippen LogP contribution in [0.2, 0.25) is 0 Å². The van der Waals surface area contributed by atoms with E-state index in [0.29, 0.717) is 11.4 Å². The van der Waals surface area contributed by atoms with Gasteiger partial charge in [0.25, 0.3) is 12.3 Å². The standard InChI is InChI=1S/C19H16F2N6O/c1-26-9-22-13-5-4-11(6-15(13)26)24-19(28)12-8-23-27-16(17(20)21)7-14(10-2-3-10)25-18(12)27/h4-10,17H,2-3H2,1H3,(H,24,28). The number of aromatic nitrogens is 5. The Morgan fingerprint density at radius 2 is 2.11 bits per heavy atom. The van der Waals surface area contributed by atoms with Gasteiger partial charge in [-0.05, 0) is 37.1 Å². The third-order valence-corrected chi connectivity index (χ3v) is 4.97. The Morgan fingerprint density at radius 3 is 2.86 bits per heavy atom. The minimum Gasteiger partial charge on any atom is -0.334 e. The molecule has 142 valence electrons. The fourth-order valence-corrected chi connectivity index (χ4v) is 3.31. The van der Waals surface area contributed by atoms with E-state index >= 15 is 0 Å². The summed E-state index contributed by atoms with van der Waals surface area (Å²) < 4.78 is 29.8. The van der Waals surface area contributed by atoms with E-state index in [0.717, 1.165) is 28.4 Å². The van der Waals surface area contributed by atoms with Gasteiger partial charge in [0.1, 0.15) is 11.3 Å². The van der Waals surface area contributed by atoms with Gasteiger partial charge in [-0.15, -0.1) is 0 Å². The number of carbonyl (C=O) groups excluding carboxylic acids is 1.